The summed E-state index contributed by atoms with van der Waals surface area (Å²) in [5.41, 5.74) is 1.66. The van der Waals surface area contributed by atoms with Gasteiger partial charge in [0.25, 0.3) is 0 Å². The summed E-state index contributed by atoms with van der Waals surface area (Å²) in [6.07, 6.45) is 0.977. The molecule has 0 spiro atoms. The highest BCUT2D eigenvalue weighted by molar-refractivity contribution is 5.87. The molecule has 0 radical (unpaired) electrons. The van der Waals surface area contributed by atoms with Gasteiger partial charge in [0.05, 0.1) is 12.1 Å². The molecule has 3 aromatic rings. The minimum Gasteiger partial charge on any atom is -0.493 e. The van der Waals surface area contributed by atoms with Crippen molar-refractivity contribution >= 4 is 16.6 Å². The van der Waals surface area contributed by atoms with Gasteiger partial charge >= 0.3 is 0 Å². The summed E-state index contributed by atoms with van der Waals surface area (Å²) in [4.78, 5) is 0. The molecule has 0 N–H and O–H groups in total. The van der Waals surface area contributed by atoms with E-state index in [-0.39, 0.29) is 0 Å². The third-order valence-corrected chi connectivity index (χ3v) is 2.61. The first-order chi connectivity index (χ1) is 8.40. The van der Waals surface area contributed by atoms with Gasteiger partial charge in [0.2, 0.25) is 0 Å². The van der Waals surface area contributed by atoms with Crippen LogP contribution in [-0.4, -0.2) is 26.6 Å². The summed E-state index contributed by atoms with van der Waals surface area (Å²) in [6, 6.07) is 9.82. The van der Waals surface area contributed by atoms with Crippen molar-refractivity contribution in [2.45, 2.75) is 13.3 Å². The number of nitrogens with zero attached hydrogens (tertiary/aromatic N) is 4. The molecule has 2 aromatic heterocycles. The summed E-state index contributed by atoms with van der Waals surface area (Å²) in [7, 11) is 0. The molecule has 0 aliphatic carbocycles. The fourth-order valence-electron chi connectivity index (χ4n) is 1.85. The highest BCUT2D eigenvalue weighted by Crippen LogP contribution is 2.26. The maximum absolute atomic E-state index is 5.74. The Morgan fingerprint density at radius 2 is 2.18 bits per heavy atom. The number of ether oxygens (including phenoxy) is 1. The number of hydrogen-bond donors (Lipinski definition) is 0. The number of benzene rings is 1. The quantitative estimate of drug-likeness (QED) is 0.688. The maximum Gasteiger partial charge on any atom is 0.183 e. The molecule has 0 aliphatic heterocycles. The summed E-state index contributed by atoms with van der Waals surface area (Å²) >= 11 is 0. The Balaban J connectivity index is 2.29. The van der Waals surface area contributed by atoms with Gasteiger partial charge in [-0.15, -0.1) is 5.10 Å². The summed E-state index contributed by atoms with van der Waals surface area (Å²) < 4.78 is 7.45. The molecule has 0 bridgehead atoms. The van der Waals surface area contributed by atoms with Crippen LogP contribution in [-0.2, 0) is 0 Å². The fourth-order valence-corrected chi connectivity index (χ4v) is 1.85. The first kappa shape index (κ1) is 10.0. The molecule has 0 fully saturated rings. The van der Waals surface area contributed by atoms with Gasteiger partial charge in [0.15, 0.2) is 5.65 Å². The lowest BCUT2D eigenvalue weighted by Gasteiger charge is -2.08. The topological polar surface area (TPSA) is 52.3 Å². The zero-order chi connectivity index (χ0) is 11.7. The molecular weight excluding hydrogens is 216 g/mol. The number of rotatable bonds is 3. The predicted molar refractivity (Wildman–Crippen MR) is 64.1 cm³/mol. The third kappa shape index (κ3) is 1.60. The molecular formula is C12H12N4O. The molecule has 86 valence electrons. The van der Waals surface area contributed by atoms with E-state index in [1.54, 1.807) is 4.52 Å². The number of aromatic nitrogens is 4. The molecule has 0 amide bonds. The van der Waals surface area contributed by atoms with E-state index < -0.39 is 0 Å². The van der Waals surface area contributed by atoms with Crippen LogP contribution in [0.3, 0.4) is 0 Å². The van der Waals surface area contributed by atoms with E-state index in [1.807, 2.05) is 30.3 Å². The van der Waals surface area contributed by atoms with E-state index in [0.29, 0.717) is 12.3 Å². The van der Waals surface area contributed by atoms with Crippen LogP contribution in [0.2, 0.25) is 0 Å². The van der Waals surface area contributed by atoms with Gasteiger partial charge in [-0.1, -0.05) is 19.1 Å². The molecule has 5 heteroatoms. The van der Waals surface area contributed by atoms with Gasteiger partial charge in [-0.05, 0) is 29.0 Å². The molecule has 3 rings (SSSR count). The lowest BCUT2D eigenvalue weighted by atomic mass is 10.2. The molecule has 0 saturated carbocycles. The number of para-hydroxylation sites is 1. The Morgan fingerprint density at radius 3 is 3.06 bits per heavy atom. The van der Waals surface area contributed by atoms with Crippen LogP contribution in [0, 0.1) is 0 Å². The van der Waals surface area contributed by atoms with Gasteiger partial charge in [-0.2, -0.15) is 4.52 Å². The van der Waals surface area contributed by atoms with Crippen molar-refractivity contribution in [1.82, 2.24) is 20.0 Å². The number of pyridine rings is 1. The Labute approximate surface area is 98.0 Å². The molecule has 0 atom stereocenters. The van der Waals surface area contributed by atoms with Crippen LogP contribution in [0.1, 0.15) is 13.3 Å². The van der Waals surface area contributed by atoms with Gasteiger partial charge in [0.1, 0.15) is 5.75 Å². The van der Waals surface area contributed by atoms with Crippen molar-refractivity contribution in [3.63, 3.8) is 0 Å². The number of hydrogen-bond acceptors (Lipinski definition) is 4. The normalized spacial score (nSPS) is 11.1. The second-order valence-corrected chi connectivity index (χ2v) is 3.82. The van der Waals surface area contributed by atoms with E-state index in [0.717, 1.165) is 23.1 Å². The Hall–Kier alpha value is -2.17. The Bertz CT molecular complexity index is 662. The summed E-state index contributed by atoms with van der Waals surface area (Å²) in [5.74, 6) is 0.838. The molecule has 1 aromatic carbocycles. The summed E-state index contributed by atoms with van der Waals surface area (Å²) in [6.45, 7) is 2.78. The molecule has 0 aliphatic rings. The first-order valence-corrected chi connectivity index (χ1v) is 5.63. The number of tetrazole rings is 1. The van der Waals surface area contributed by atoms with Crippen molar-refractivity contribution in [3.05, 3.63) is 30.3 Å². The molecule has 2 heterocycles. The second-order valence-electron chi connectivity index (χ2n) is 3.82. The van der Waals surface area contributed by atoms with Gasteiger partial charge in [-0.3, -0.25) is 0 Å². The van der Waals surface area contributed by atoms with Crippen LogP contribution >= 0.6 is 0 Å². The standard InChI is InChI=1S/C12H12N4O/c1-2-7-17-11-8-12-13-14-15-16(12)10-6-4-3-5-9(10)11/h3-6,8H,2,7H2,1H3. The zero-order valence-corrected chi connectivity index (χ0v) is 9.50. The van der Waals surface area contributed by atoms with Gasteiger partial charge in [-0.25, -0.2) is 0 Å². The average Bonchev–Trinajstić information content (AvgIpc) is 2.84. The maximum atomic E-state index is 5.74. The Kier molecular flexibility index (Phi) is 2.36. The van der Waals surface area contributed by atoms with Crippen molar-refractivity contribution in [1.29, 1.82) is 0 Å². The monoisotopic (exact) mass is 228 g/mol. The largest absolute Gasteiger partial charge is 0.493 e. The first-order valence-electron chi connectivity index (χ1n) is 5.63. The van der Waals surface area contributed by atoms with E-state index in [2.05, 4.69) is 22.4 Å². The highest BCUT2D eigenvalue weighted by atomic mass is 16.5. The van der Waals surface area contributed by atoms with Crippen molar-refractivity contribution in [3.8, 4) is 5.75 Å². The van der Waals surface area contributed by atoms with Crippen molar-refractivity contribution in [2.75, 3.05) is 6.61 Å². The van der Waals surface area contributed by atoms with Gasteiger partial charge < -0.3 is 4.74 Å². The molecule has 17 heavy (non-hydrogen) atoms. The molecule has 5 nitrogen and oxygen atoms in total. The summed E-state index contributed by atoms with van der Waals surface area (Å²) in [5, 5.41) is 12.6. The van der Waals surface area contributed by atoms with Crippen LogP contribution in [0.4, 0.5) is 0 Å². The van der Waals surface area contributed by atoms with E-state index in [9.17, 15) is 0 Å². The van der Waals surface area contributed by atoms with E-state index in [1.165, 1.54) is 0 Å². The average molecular weight is 228 g/mol. The van der Waals surface area contributed by atoms with E-state index >= 15 is 0 Å². The van der Waals surface area contributed by atoms with Crippen molar-refractivity contribution in [2.24, 2.45) is 0 Å². The minimum absolute atomic E-state index is 0.696. The van der Waals surface area contributed by atoms with Crippen LogP contribution in [0.15, 0.2) is 30.3 Å². The smallest absolute Gasteiger partial charge is 0.183 e. The third-order valence-electron chi connectivity index (χ3n) is 2.61. The van der Waals surface area contributed by atoms with E-state index in [4.69, 9.17) is 4.74 Å². The van der Waals surface area contributed by atoms with Crippen molar-refractivity contribution < 1.29 is 4.74 Å². The molecule has 0 saturated heterocycles. The predicted octanol–water partition coefficient (Wildman–Crippen LogP) is 2.07. The SMILES string of the molecule is CCCOc1cc2nnnn2c2ccccc12. The second kappa shape index (κ2) is 4.01. The zero-order valence-electron chi connectivity index (χ0n) is 9.50. The Morgan fingerprint density at radius 1 is 1.29 bits per heavy atom. The molecule has 0 unspecified atom stereocenters. The fraction of sp³-hybridized carbons (Fsp3) is 0.250. The van der Waals surface area contributed by atoms with Crippen LogP contribution < -0.4 is 4.74 Å². The lowest BCUT2D eigenvalue weighted by Crippen LogP contribution is -1.98. The lowest BCUT2D eigenvalue weighted by molar-refractivity contribution is 0.321. The van der Waals surface area contributed by atoms with Gasteiger partial charge in [0, 0.05) is 11.5 Å². The highest BCUT2D eigenvalue weighted by Gasteiger charge is 2.08. The van der Waals surface area contributed by atoms with Crippen LogP contribution in [0.5, 0.6) is 5.75 Å². The van der Waals surface area contributed by atoms with Crippen LogP contribution in [0.25, 0.3) is 16.6 Å². The minimum atomic E-state index is 0.696. The number of fused-ring (bicyclic) bond motifs is 3.